The molecule has 0 spiro atoms. The first-order valence-corrected chi connectivity index (χ1v) is 5.49. The number of halogens is 1. The summed E-state index contributed by atoms with van der Waals surface area (Å²) in [5, 5.41) is 0. The molecule has 42 valence electrons. The summed E-state index contributed by atoms with van der Waals surface area (Å²) in [5.74, 6) is 1.14. The summed E-state index contributed by atoms with van der Waals surface area (Å²) in [6.07, 6.45) is 3.15. The van der Waals surface area contributed by atoms with Gasteiger partial charge >= 0.3 is 54.7 Å². The number of fused-ring (bicyclic) bond motifs is 1. The van der Waals surface area contributed by atoms with Gasteiger partial charge in [0.2, 0.25) is 0 Å². The average Bonchev–Trinajstić information content (AvgIpc) is 2.33. The Hall–Kier alpha value is 0.730. The molecule has 2 rings (SSSR count). The zero-order valence-electron chi connectivity index (χ0n) is 4.52. The van der Waals surface area contributed by atoms with Gasteiger partial charge in [-0.3, -0.25) is 0 Å². The summed E-state index contributed by atoms with van der Waals surface area (Å²) in [4.78, 5) is 0. The van der Waals surface area contributed by atoms with Crippen LogP contribution >= 0.6 is 0 Å². The number of alkyl halides is 2. The van der Waals surface area contributed by atoms with E-state index in [2.05, 4.69) is 6.92 Å². The fraction of sp³-hybridized carbons (Fsp3) is 1.00. The van der Waals surface area contributed by atoms with E-state index < -0.39 is 0 Å². The quantitative estimate of drug-likeness (QED) is 0.328. The zero-order valence-corrected chi connectivity index (χ0v) is 6.68. The van der Waals surface area contributed by atoms with Crippen molar-refractivity contribution in [2.75, 3.05) is 0 Å². The first kappa shape index (κ1) is 4.59. The van der Waals surface area contributed by atoms with Crippen LogP contribution in [0, 0.1) is 5.92 Å². The van der Waals surface area contributed by atoms with E-state index >= 15 is 0 Å². The molecule has 1 saturated heterocycles. The monoisotopic (exact) mass is 209 g/mol. The van der Waals surface area contributed by atoms with E-state index in [9.17, 15) is 0 Å². The van der Waals surface area contributed by atoms with Crippen molar-refractivity contribution >= 4 is 0 Å². The van der Waals surface area contributed by atoms with Crippen LogP contribution in [-0.4, -0.2) is 7.85 Å². The van der Waals surface area contributed by atoms with Crippen LogP contribution in [0.2, 0.25) is 0 Å². The molecule has 1 heterocycles. The van der Waals surface area contributed by atoms with E-state index in [1.807, 2.05) is 0 Å². The Morgan fingerprint density at radius 2 is 2.29 bits per heavy atom. The third-order valence-corrected chi connectivity index (χ3v) is 6.44. The van der Waals surface area contributed by atoms with Crippen LogP contribution in [0.1, 0.15) is 19.8 Å². The average molecular weight is 209 g/mol. The first-order chi connectivity index (χ1) is 3.38. The molecule has 1 heteroatoms. The van der Waals surface area contributed by atoms with Gasteiger partial charge in [0, 0.05) is 0 Å². The molecule has 0 bridgehead atoms. The molecule has 0 aromatic rings. The van der Waals surface area contributed by atoms with Gasteiger partial charge in [-0.1, -0.05) is 0 Å². The van der Waals surface area contributed by atoms with E-state index in [1.165, 1.54) is 7.85 Å². The van der Waals surface area contributed by atoms with E-state index in [-0.39, 0.29) is 0 Å². The Bertz CT molecular complexity index is 90.2. The molecule has 1 aliphatic heterocycles. The molecule has 0 amide bonds. The van der Waals surface area contributed by atoms with Crippen molar-refractivity contribution in [3.63, 3.8) is 0 Å². The minimum absolute atomic E-state index is 0.758. The normalized spacial score (nSPS) is 58.1. The van der Waals surface area contributed by atoms with E-state index in [0.29, 0.717) is 0 Å². The molecular weight excluding hydrogens is 199 g/mol. The van der Waals surface area contributed by atoms with Gasteiger partial charge in [-0.2, -0.15) is 0 Å². The van der Waals surface area contributed by atoms with Gasteiger partial charge in [0.05, 0.1) is 0 Å². The van der Waals surface area contributed by atoms with Crippen LogP contribution in [0.25, 0.3) is 0 Å². The topological polar surface area (TPSA) is 0 Å². The van der Waals surface area contributed by atoms with Crippen molar-refractivity contribution < 1.29 is 21.2 Å². The van der Waals surface area contributed by atoms with Gasteiger partial charge in [-0.05, 0) is 0 Å². The summed E-state index contributed by atoms with van der Waals surface area (Å²) in [6.45, 7) is 2.43. The molecule has 3 unspecified atom stereocenters. The summed E-state index contributed by atoms with van der Waals surface area (Å²) >= 11 is 0.758. The molecule has 2 aliphatic rings. The van der Waals surface area contributed by atoms with Crippen LogP contribution in [-0.2, 0) is 0 Å². The molecule has 0 N–H and O–H groups in total. The molecule has 0 nitrogen and oxygen atoms in total. The Kier molecular flexibility index (Phi) is 0.895. The van der Waals surface area contributed by atoms with Crippen LogP contribution in [0.4, 0.5) is 0 Å². The van der Waals surface area contributed by atoms with Crippen molar-refractivity contribution in [3.05, 3.63) is 0 Å². The molecule has 1 saturated carbocycles. The van der Waals surface area contributed by atoms with Gasteiger partial charge in [0.15, 0.2) is 0 Å². The van der Waals surface area contributed by atoms with Crippen LogP contribution in [0.5, 0.6) is 0 Å². The van der Waals surface area contributed by atoms with E-state index in [1.54, 1.807) is 12.8 Å². The van der Waals surface area contributed by atoms with Gasteiger partial charge in [0.25, 0.3) is 0 Å². The molecule has 1 aliphatic carbocycles. The third kappa shape index (κ3) is 0.609. The van der Waals surface area contributed by atoms with Crippen molar-refractivity contribution in [2.24, 2.45) is 5.92 Å². The molecule has 0 aromatic heterocycles. The molecule has 7 heavy (non-hydrogen) atoms. The Morgan fingerprint density at radius 1 is 1.43 bits per heavy atom. The van der Waals surface area contributed by atoms with Gasteiger partial charge in [0.1, 0.15) is 0 Å². The van der Waals surface area contributed by atoms with Gasteiger partial charge in [-0.15, -0.1) is 0 Å². The second-order valence-electron chi connectivity index (χ2n) is 2.64. The fourth-order valence-electron chi connectivity index (χ4n) is 1.43. The van der Waals surface area contributed by atoms with Gasteiger partial charge in [-0.25, -0.2) is 0 Å². The van der Waals surface area contributed by atoms with Crippen LogP contribution in [0.3, 0.4) is 0 Å². The zero-order chi connectivity index (χ0) is 4.85. The number of hydrogen-bond acceptors (Lipinski definition) is 0. The fourth-order valence-corrected chi connectivity index (χ4v) is 5.11. The van der Waals surface area contributed by atoms with Crippen LogP contribution < -0.4 is 21.2 Å². The summed E-state index contributed by atoms with van der Waals surface area (Å²) in [7, 11) is 0. The van der Waals surface area contributed by atoms with Crippen molar-refractivity contribution in [2.45, 2.75) is 27.6 Å². The summed E-state index contributed by atoms with van der Waals surface area (Å²) in [5.41, 5.74) is 0. The number of hydrogen-bond donors (Lipinski definition) is 0. The van der Waals surface area contributed by atoms with E-state index in [4.69, 9.17) is 0 Å². The maximum atomic E-state index is 2.43. The predicted molar refractivity (Wildman–Crippen MR) is 26.0 cm³/mol. The molecule has 2 fully saturated rings. The third-order valence-electron chi connectivity index (χ3n) is 2.03. The second kappa shape index (κ2) is 1.36. The van der Waals surface area contributed by atoms with Crippen molar-refractivity contribution in [3.8, 4) is 0 Å². The van der Waals surface area contributed by atoms with Crippen molar-refractivity contribution in [1.29, 1.82) is 0 Å². The molecule has 0 radical (unpaired) electrons. The SMILES string of the molecule is CC1CCC2[I-]C12. The minimum atomic E-state index is 0.758. The van der Waals surface area contributed by atoms with Crippen LogP contribution in [0.15, 0.2) is 0 Å². The summed E-state index contributed by atoms with van der Waals surface area (Å²) < 4.78 is 2.59. The Balaban J connectivity index is 2.08. The van der Waals surface area contributed by atoms with Crippen molar-refractivity contribution in [1.82, 2.24) is 0 Å². The van der Waals surface area contributed by atoms with E-state index in [0.717, 1.165) is 27.1 Å². The Morgan fingerprint density at radius 3 is 2.43 bits per heavy atom. The second-order valence-corrected chi connectivity index (χ2v) is 6.40. The molecular formula is C6H10I-. The maximum absolute atomic E-state index is 2.43. The standard InChI is InChI=1S/C6H10I/c1-4-2-3-5-6(4)7-5/h4-6H,2-3H2,1H3/q-1. The predicted octanol–water partition coefficient (Wildman–Crippen LogP) is -1.74. The van der Waals surface area contributed by atoms with Gasteiger partial charge < -0.3 is 0 Å². The Labute approximate surface area is 54.9 Å². The molecule has 0 aromatic carbocycles. The summed E-state index contributed by atoms with van der Waals surface area (Å²) in [6, 6.07) is 0. The number of rotatable bonds is 0. The first-order valence-electron chi connectivity index (χ1n) is 3.00. The molecule has 3 atom stereocenters.